The smallest absolute Gasteiger partial charge is 0.264 e. The van der Waals surface area contributed by atoms with Gasteiger partial charge in [-0.15, -0.1) is 0 Å². The normalized spacial score (nSPS) is 11.3. The molecule has 0 unspecified atom stereocenters. The van der Waals surface area contributed by atoms with Gasteiger partial charge in [0.2, 0.25) is 0 Å². The number of hydrogen-bond donors (Lipinski definition) is 6. The van der Waals surface area contributed by atoms with Gasteiger partial charge < -0.3 is 15.3 Å². The Morgan fingerprint density at radius 2 is 0.778 bits per heavy atom. The molecule has 27 heavy (non-hydrogen) atoms. The van der Waals surface area contributed by atoms with Crippen LogP contribution < -0.4 is 0 Å². The first-order chi connectivity index (χ1) is 12.0. The maximum atomic E-state index is 9.79. The molecule has 0 amide bonds. The summed E-state index contributed by atoms with van der Waals surface area (Å²) in [7, 11) is -11.0. The standard InChI is InChI=1S/3C3H8O3S.C3H8O3/c3*1-2-3-7(4,5)6;4-1-3(6)2-5/h3*2-3H2,1H3,(H,4,5,6);3-6H,1-2H2. The number of rotatable bonds is 8. The molecule has 0 rings (SSSR count). The molecule has 0 atom stereocenters. The summed E-state index contributed by atoms with van der Waals surface area (Å²) in [5.41, 5.74) is 0. The molecule has 0 saturated heterocycles. The average molecular weight is 465 g/mol. The maximum absolute atomic E-state index is 9.79. The van der Waals surface area contributed by atoms with Crippen LogP contribution in [0.4, 0.5) is 0 Å². The van der Waals surface area contributed by atoms with Crippen LogP contribution in [-0.4, -0.2) is 90.8 Å². The van der Waals surface area contributed by atoms with E-state index in [4.69, 9.17) is 29.0 Å². The van der Waals surface area contributed by atoms with Gasteiger partial charge in [0.25, 0.3) is 30.4 Å². The third-order valence-electron chi connectivity index (χ3n) is 1.81. The van der Waals surface area contributed by atoms with E-state index >= 15 is 0 Å². The first kappa shape index (κ1) is 34.1. The summed E-state index contributed by atoms with van der Waals surface area (Å²) in [4.78, 5) is 0. The molecule has 0 aliphatic heterocycles. The van der Waals surface area contributed by atoms with E-state index in [1.165, 1.54) is 0 Å². The van der Waals surface area contributed by atoms with E-state index < -0.39 is 36.5 Å². The SMILES string of the molecule is CCCS(=O)(=O)O.CCCS(=O)(=O)O.CCCS(=O)(=O)O.OCC(O)CO. The molecule has 0 spiro atoms. The molecule has 0 aromatic heterocycles. The quantitative estimate of drug-likeness (QED) is 0.242. The summed E-state index contributed by atoms with van der Waals surface area (Å²) < 4.78 is 82.7. The van der Waals surface area contributed by atoms with Gasteiger partial charge in [-0.25, -0.2) is 0 Å². The van der Waals surface area contributed by atoms with Crippen LogP contribution in [0, 0.1) is 0 Å². The van der Waals surface area contributed by atoms with E-state index in [0.29, 0.717) is 19.3 Å². The van der Waals surface area contributed by atoms with Gasteiger partial charge in [0.05, 0.1) is 30.5 Å². The molecule has 6 N–H and O–H groups in total. The molecule has 0 bridgehead atoms. The van der Waals surface area contributed by atoms with Crippen molar-refractivity contribution in [3.8, 4) is 0 Å². The second kappa shape index (κ2) is 18.9. The Balaban J connectivity index is -0.000000131. The lowest BCUT2D eigenvalue weighted by molar-refractivity contribution is 0.0450. The average Bonchev–Trinajstić information content (AvgIpc) is 2.44. The first-order valence-electron chi connectivity index (χ1n) is 7.74. The van der Waals surface area contributed by atoms with E-state index in [0.717, 1.165) is 0 Å². The van der Waals surface area contributed by atoms with Crippen LogP contribution in [0.15, 0.2) is 0 Å². The fraction of sp³-hybridized carbons (Fsp3) is 1.00. The Kier molecular flexibility index (Phi) is 24.0. The predicted molar refractivity (Wildman–Crippen MR) is 100 cm³/mol. The Morgan fingerprint density at radius 1 is 0.593 bits per heavy atom. The minimum absolute atomic E-state index is 0.132. The van der Waals surface area contributed by atoms with Gasteiger partial charge in [-0.2, -0.15) is 25.3 Å². The summed E-state index contributed by atoms with van der Waals surface area (Å²) in [6, 6.07) is 0. The zero-order valence-electron chi connectivity index (χ0n) is 15.6. The Labute approximate surface area is 161 Å². The minimum Gasteiger partial charge on any atom is -0.394 e. The summed E-state index contributed by atoms with van der Waals surface area (Å²) in [5, 5.41) is 24.0. The maximum Gasteiger partial charge on any atom is 0.264 e. The number of aliphatic hydroxyl groups excluding tert-OH is 3. The fourth-order valence-corrected chi connectivity index (χ4v) is 2.38. The topological polar surface area (TPSA) is 224 Å². The van der Waals surface area contributed by atoms with E-state index in [9.17, 15) is 25.3 Å². The first-order valence-corrected chi connectivity index (χ1v) is 12.6. The summed E-state index contributed by atoms with van der Waals surface area (Å²) >= 11 is 0. The highest BCUT2D eigenvalue weighted by molar-refractivity contribution is 7.86. The summed E-state index contributed by atoms with van der Waals surface area (Å²) in [5.74, 6) is -0.396. The Hall–Kier alpha value is -0.390. The van der Waals surface area contributed by atoms with Crippen molar-refractivity contribution in [1.82, 2.24) is 0 Å². The lowest BCUT2D eigenvalue weighted by atomic mass is 10.4. The Bertz CT molecular complexity index is 525. The van der Waals surface area contributed by atoms with Crippen LogP contribution in [0.1, 0.15) is 40.0 Å². The third kappa shape index (κ3) is 58.6. The van der Waals surface area contributed by atoms with E-state index in [1.807, 2.05) is 0 Å². The second-order valence-corrected chi connectivity index (χ2v) is 9.59. The molecule has 15 heteroatoms. The van der Waals surface area contributed by atoms with Crippen LogP contribution in [0.2, 0.25) is 0 Å². The largest absolute Gasteiger partial charge is 0.394 e. The van der Waals surface area contributed by atoms with Gasteiger partial charge in [0, 0.05) is 0 Å². The molecule has 0 saturated carbocycles. The minimum atomic E-state index is -3.67. The molecular weight excluding hydrogens is 432 g/mol. The summed E-state index contributed by atoms with van der Waals surface area (Å²) in [6.45, 7) is 4.34. The van der Waals surface area contributed by atoms with Crippen LogP contribution in [0.5, 0.6) is 0 Å². The number of hydrogen-bond acceptors (Lipinski definition) is 9. The van der Waals surface area contributed by atoms with Crippen molar-refractivity contribution in [1.29, 1.82) is 0 Å². The Morgan fingerprint density at radius 3 is 0.778 bits per heavy atom. The molecule has 0 aromatic carbocycles. The molecule has 0 radical (unpaired) electrons. The highest BCUT2D eigenvalue weighted by Crippen LogP contribution is 1.84. The number of aliphatic hydroxyl groups is 3. The highest BCUT2D eigenvalue weighted by atomic mass is 32.2. The van der Waals surface area contributed by atoms with Crippen LogP contribution in [-0.2, 0) is 30.4 Å². The van der Waals surface area contributed by atoms with Crippen molar-refractivity contribution >= 4 is 30.4 Å². The van der Waals surface area contributed by atoms with Crippen molar-refractivity contribution in [3.63, 3.8) is 0 Å². The molecule has 0 aliphatic carbocycles. The van der Waals surface area contributed by atoms with Crippen LogP contribution in [0.3, 0.4) is 0 Å². The molecule has 0 fully saturated rings. The zero-order chi connectivity index (χ0) is 22.7. The molecule has 0 aliphatic rings. The fourth-order valence-electron chi connectivity index (χ4n) is 0.832. The van der Waals surface area contributed by atoms with Gasteiger partial charge in [-0.3, -0.25) is 13.7 Å². The summed E-state index contributed by atoms with van der Waals surface area (Å²) in [6.07, 6.45) is 0.459. The van der Waals surface area contributed by atoms with E-state index in [2.05, 4.69) is 0 Å². The van der Waals surface area contributed by atoms with E-state index in [1.54, 1.807) is 20.8 Å². The van der Waals surface area contributed by atoms with Crippen molar-refractivity contribution < 1.29 is 54.2 Å². The molecule has 0 heterocycles. The van der Waals surface area contributed by atoms with Gasteiger partial charge in [0.15, 0.2) is 0 Å². The van der Waals surface area contributed by atoms with Crippen molar-refractivity contribution in [2.45, 2.75) is 46.1 Å². The highest BCUT2D eigenvalue weighted by Gasteiger charge is 1.99. The monoisotopic (exact) mass is 464 g/mol. The third-order valence-corrected chi connectivity index (χ3v) is 4.58. The molecular formula is C12H32O12S3. The van der Waals surface area contributed by atoms with Crippen molar-refractivity contribution in [2.75, 3.05) is 30.5 Å². The van der Waals surface area contributed by atoms with Crippen LogP contribution in [0.25, 0.3) is 0 Å². The van der Waals surface area contributed by atoms with Gasteiger partial charge in [-0.05, 0) is 19.3 Å². The lowest BCUT2D eigenvalue weighted by Gasteiger charge is -1.96. The van der Waals surface area contributed by atoms with Crippen molar-refractivity contribution in [3.05, 3.63) is 0 Å². The van der Waals surface area contributed by atoms with Gasteiger partial charge >= 0.3 is 0 Å². The van der Waals surface area contributed by atoms with Gasteiger partial charge in [0.1, 0.15) is 6.10 Å². The molecule has 12 nitrogen and oxygen atoms in total. The van der Waals surface area contributed by atoms with Crippen molar-refractivity contribution in [2.24, 2.45) is 0 Å². The van der Waals surface area contributed by atoms with Crippen LogP contribution >= 0.6 is 0 Å². The van der Waals surface area contributed by atoms with Gasteiger partial charge in [-0.1, -0.05) is 20.8 Å². The lowest BCUT2D eigenvalue weighted by Crippen LogP contribution is -2.15. The van der Waals surface area contributed by atoms with E-state index in [-0.39, 0.29) is 30.5 Å². The molecule has 170 valence electrons. The second-order valence-electron chi connectivity index (χ2n) is 4.88. The molecule has 0 aromatic rings. The zero-order valence-corrected chi connectivity index (χ0v) is 18.0. The predicted octanol–water partition coefficient (Wildman–Crippen LogP) is -0.815.